The molecule has 0 aliphatic rings. The monoisotopic (exact) mass is 508 g/mol. The standard InChI is InChI=1S/C30H28N4O2S/c1-34(2)21-22-13-15-24(16-14-22)32-30(23-9-5-3-6-10-23)28-20-31-29-18-17-25(19-27(28)29)33-37(35,36)26-11-7-4-8-12-26/h3-20,31,33H,21H2,1-2H3. The SMILES string of the molecule is CN(C)Cc1ccc(N=C(c2ccccc2)c2c[nH]c3ccc(NS(=O)(=O)c4ccccc4)cc23)cc1. The summed E-state index contributed by atoms with van der Waals surface area (Å²) in [5.41, 5.74) is 6.09. The van der Waals surface area contributed by atoms with Gasteiger partial charge in [-0.3, -0.25) is 4.72 Å². The van der Waals surface area contributed by atoms with E-state index in [9.17, 15) is 8.42 Å². The molecule has 4 aromatic carbocycles. The van der Waals surface area contributed by atoms with Gasteiger partial charge in [-0.2, -0.15) is 0 Å². The Morgan fingerprint density at radius 3 is 2.22 bits per heavy atom. The first-order valence-electron chi connectivity index (χ1n) is 12.0. The molecule has 0 atom stereocenters. The number of fused-ring (bicyclic) bond motifs is 1. The van der Waals surface area contributed by atoms with Gasteiger partial charge in [-0.25, -0.2) is 13.4 Å². The van der Waals surface area contributed by atoms with Gasteiger partial charge in [-0.1, -0.05) is 60.7 Å². The van der Waals surface area contributed by atoms with Gasteiger partial charge in [-0.05, 0) is 62.1 Å². The molecular weight excluding hydrogens is 480 g/mol. The van der Waals surface area contributed by atoms with Crippen LogP contribution >= 0.6 is 0 Å². The van der Waals surface area contributed by atoms with Gasteiger partial charge in [0.05, 0.1) is 16.3 Å². The molecule has 0 saturated carbocycles. The normalized spacial score (nSPS) is 12.2. The van der Waals surface area contributed by atoms with Crippen LogP contribution in [0.4, 0.5) is 11.4 Å². The van der Waals surface area contributed by atoms with Gasteiger partial charge in [0.1, 0.15) is 0 Å². The van der Waals surface area contributed by atoms with Crippen LogP contribution in [0, 0.1) is 0 Å². The molecule has 0 unspecified atom stereocenters. The van der Waals surface area contributed by atoms with Crippen LogP contribution in [0.3, 0.4) is 0 Å². The Morgan fingerprint density at radius 2 is 1.54 bits per heavy atom. The van der Waals surface area contributed by atoms with Crippen LogP contribution in [0.1, 0.15) is 16.7 Å². The minimum absolute atomic E-state index is 0.216. The van der Waals surface area contributed by atoms with Gasteiger partial charge in [0, 0.05) is 40.5 Å². The lowest BCUT2D eigenvalue weighted by molar-refractivity contribution is 0.402. The molecule has 2 N–H and O–H groups in total. The van der Waals surface area contributed by atoms with Gasteiger partial charge >= 0.3 is 0 Å². The van der Waals surface area contributed by atoms with Crippen molar-refractivity contribution < 1.29 is 8.42 Å². The molecular formula is C30H28N4O2S. The second-order valence-corrected chi connectivity index (χ2v) is 10.8. The highest BCUT2D eigenvalue weighted by Crippen LogP contribution is 2.28. The van der Waals surface area contributed by atoms with Crippen molar-refractivity contribution in [1.82, 2.24) is 9.88 Å². The second kappa shape index (κ2) is 10.4. The van der Waals surface area contributed by atoms with E-state index in [0.717, 1.165) is 40.0 Å². The zero-order valence-corrected chi connectivity index (χ0v) is 21.5. The van der Waals surface area contributed by atoms with E-state index in [-0.39, 0.29) is 4.90 Å². The lowest BCUT2D eigenvalue weighted by atomic mass is 10.0. The second-order valence-electron chi connectivity index (χ2n) is 9.11. The average molecular weight is 509 g/mol. The van der Waals surface area contributed by atoms with Crippen molar-refractivity contribution in [2.75, 3.05) is 18.8 Å². The van der Waals surface area contributed by atoms with Gasteiger partial charge in [0.25, 0.3) is 10.0 Å². The number of aromatic nitrogens is 1. The van der Waals surface area contributed by atoms with Crippen molar-refractivity contribution in [2.24, 2.45) is 4.99 Å². The largest absolute Gasteiger partial charge is 0.360 e. The van der Waals surface area contributed by atoms with E-state index in [0.29, 0.717) is 5.69 Å². The molecule has 5 rings (SSSR count). The van der Waals surface area contributed by atoms with Crippen LogP contribution < -0.4 is 4.72 Å². The number of anilines is 1. The van der Waals surface area contributed by atoms with Crippen molar-refractivity contribution in [2.45, 2.75) is 11.4 Å². The maximum absolute atomic E-state index is 12.9. The molecule has 0 spiro atoms. The number of hydrogen-bond acceptors (Lipinski definition) is 4. The van der Waals surface area contributed by atoms with Gasteiger partial charge < -0.3 is 9.88 Å². The van der Waals surface area contributed by atoms with Crippen LogP contribution in [0.15, 0.2) is 119 Å². The number of nitrogens with one attached hydrogen (secondary N) is 2. The fraction of sp³-hybridized carbons (Fsp3) is 0.100. The smallest absolute Gasteiger partial charge is 0.261 e. The van der Waals surface area contributed by atoms with Gasteiger partial charge in [-0.15, -0.1) is 0 Å². The van der Waals surface area contributed by atoms with Crippen molar-refractivity contribution in [3.8, 4) is 0 Å². The summed E-state index contributed by atoms with van der Waals surface area (Å²) in [4.78, 5) is 10.7. The van der Waals surface area contributed by atoms with Crippen LogP contribution in [0.2, 0.25) is 0 Å². The highest BCUT2D eigenvalue weighted by atomic mass is 32.2. The minimum Gasteiger partial charge on any atom is -0.360 e. The quantitative estimate of drug-likeness (QED) is 0.245. The lowest BCUT2D eigenvalue weighted by Crippen LogP contribution is -2.12. The zero-order chi connectivity index (χ0) is 25.8. The Balaban J connectivity index is 1.56. The molecule has 0 aliphatic carbocycles. The van der Waals surface area contributed by atoms with E-state index in [2.05, 4.69) is 26.7 Å². The molecule has 1 heterocycles. The molecule has 0 aliphatic heterocycles. The van der Waals surface area contributed by atoms with E-state index in [4.69, 9.17) is 4.99 Å². The summed E-state index contributed by atoms with van der Waals surface area (Å²) in [5.74, 6) is 0. The summed E-state index contributed by atoms with van der Waals surface area (Å²) in [7, 11) is 0.387. The third-order valence-electron chi connectivity index (χ3n) is 5.97. The highest BCUT2D eigenvalue weighted by Gasteiger charge is 2.17. The van der Waals surface area contributed by atoms with Crippen molar-refractivity contribution in [1.29, 1.82) is 0 Å². The Morgan fingerprint density at radius 1 is 0.865 bits per heavy atom. The Labute approximate surface area is 217 Å². The van der Waals surface area contributed by atoms with Gasteiger partial charge in [0.15, 0.2) is 0 Å². The Hall–Kier alpha value is -4.20. The molecule has 1 aromatic heterocycles. The van der Waals surface area contributed by atoms with Crippen LogP contribution in [-0.2, 0) is 16.6 Å². The number of aliphatic imine (C=N–C) groups is 1. The molecule has 186 valence electrons. The van der Waals surface area contributed by atoms with Gasteiger partial charge in [0.2, 0.25) is 0 Å². The molecule has 37 heavy (non-hydrogen) atoms. The minimum atomic E-state index is -3.71. The van der Waals surface area contributed by atoms with E-state index >= 15 is 0 Å². The molecule has 0 radical (unpaired) electrons. The van der Waals surface area contributed by atoms with Crippen molar-refractivity contribution in [3.63, 3.8) is 0 Å². The fourth-order valence-electron chi connectivity index (χ4n) is 4.24. The third kappa shape index (κ3) is 5.63. The maximum atomic E-state index is 12.9. The molecule has 5 aromatic rings. The van der Waals surface area contributed by atoms with Crippen LogP contribution in [-0.4, -0.2) is 38.1 Å². The molecule has 7 heteroatoms. The first-order chi connectivity index (χ1) is 17.9. The molecule has 0 amide bonds. The number of benzene rings is 4. The number of H-pyrrole nitrogens is 1. The summed E-state index contributed by atoms with van der Waals surface area (Å²) < 4.78 is 28.5. The lowest BCUT2D eigenvalue weighted by Gasteiger charge is -2.11. The summed E-state index contributed by atoms with van der Waals surface area (Å²) in [5, 5.41) is 0.875. The number of rotatable bonds is 8. The number of aromatic amines is 1. The highest BCUT2D eigenvalue weighted by molar-refractivity contribution is 7.92. The fourth-order valence-corrected chi connectivity index (χ4v) is 5.31. The summed E-state index contributed by atoms with van der Waals surface area (Å²) >= 11 is 0. The first-order valence-corrected chi connectivity index (χ1v) is 13.4. The van der Waals surface area contributed by atoms with Crippen molar-refractivity contribution >= 4 is 38.0 Å². The Bertz CT molecular complexity index is 1640. The maximum Gasteiger partial charge on any atom is 0.261 e. The van der Waals surface area contributed by atoms with E-state index in [1.807, 2.05) is 74.9 Å². The third-order valence-corrected chi connectivity index (χ3v) is 7.36. The van der Waals surface area contributed by atoms with Crippen LogP contribution in [0.5, 0.6) is 0 Å². The number of sulfonamides is 1. The predicted molar refractivity (Wildman–Crippen MR) is 151 cm³/mol. The molecule has 0 bridgehead atoms. The summed E-state index contributed by atoms with van der Waals surface area (Å²) in [6, 6.07) is 32.1. The van der Waals surface area contributed by atoms with E-state index in [1.54, 1.807) is 36.4 Å². The Kier molecular flexibility index (Phi) is 6.90. The average Bonchev–Trinajstić information content (AvgIpc) is 3.32. The van der Waals surface area contributed by atoms with Crippen LogP contribution in [0.25, 0.3) is 10.9 Å². The topological polar surface area (TPSA) is 77.6 Å². The molecule has 0 saturated heterocycles. The number of nitrogens with zero attached hydrogens (tertiary/aromatic N) is 2. The number of hydrogen-bond donors (Lipinski definition) is 2. The van der Waals surface area contributed by atoms with E-state index < -0.39 is 10.0 Å². The zero-order valence-electron chi connectivity index (χ0n) is 20.7. The first kappa shape index (κ1) is 24.5. The molecule has 6 nitrogen and oxygen atoms in total. The summed E-state index contributed by atoms with van der Waals surface area (Å²) in [6.45, 7) is 0.861. The molecule has 0 fully saturated rings. The summed E-state index contributed by atoms with van der Waals surface area (Å²) in [6.07, 6.45) is 1.92. The predicted octanol–water partition coefficient (Wildman–Crippen LogP) is 6.20. The van der Waals surface area contributed by atoms with Crippen molar-refractivity contribution in [3.05, 3.63) is 126 Å². The van der Waals surface area contributed by atoms with E-state index in [1.165, 1.54) is 5.56 Å².